The molecule has 3 aromatic carbocycles. The van der Waals surface area contributed by atoms with Gasteiger partial charge in [-0.25, -0.2) is 0 Å². The van der Waals surface area contributed by atoms with E-state index in [0.29, 0.717) is 5.11 Å². The third kappa shape index (κ3) is 5.14. The second-order valence-electron chi connectivity index (χ2n) is 11.2. The van der Waals surface area contributed by atoms with Crippen LogP contribution in [0.15, 0.2) is 107 Å². The molecule has 42 heavy (non-hydrogen) atoms. The van der Waals surface area contributed by atoms with E-state index in [-0.39, 0.29) is 28.2 Å². The van der Waals surface area contributed by atoms with E-state index < -0.39 is 0 Å². The first-order chi connectivity index (χ1) is 20.1. The highest BCUT2D eigenvalue weighted by Gasteiger charge is 2.41. The van der Waals surface area contributed by atoms with Crippen molar-refractivity contribution in [3.8, 4) is 0 Å². The highest BCUT2D eigenvalue weighted by Crippen LogP contribution is 2.45. The number of fused-ring (bicyclic) bond motifs is 1. The largest absolute Gasteiger partial charge is 0.366 e. The Balaban J connectivity index is 1.36. The molecule has 7 nitrogen and oxygen atoms in total. The fourth-order valence-electron chi connectivity index (χ4n) is 5.78. The lowest BCUT2D eigenvalue weighted by Crippen LogP contribution is -2.42. The van der Waals surface area contributed by atoms with Crippen molar-refractivity contribution in [1.29, 1.82) is 0 Å². The summed E-state index contributed by atoms with van der Waals surface area (Å²) in [7, 11) is 2.15. The Bertz CT molecular complexity index is 1690. The van der Waals surface area contributed by atoms with Gasteiger partial charge in [0.05, 0.1) is 28.2 Å². The highest BCUT2D eigenvalue weighted by molar-refractivity contribution is 7.99. The van der Waals surface area contributed by atoms with E-state index in [1.807, 2.05) is 24.4 Å². The van der Waals surface area contributed by atoms with Crippen LogP contribution in [0, 0.1) is 10.1 Å². The van der Waals surface area contributed by atoms with Gasteiger partial charge in [-0.2, -0.15) is 0 Å². The van der Waals surface area contributed by atoms with E-state index in [0.717, 1.165) is 26.7 Å². The van der Waals surface area contributed by atoms with Crippen molar-refractivity contribution in [3.05, 3.63) is 124 Å². The monoisotopic (exact) mass is 593 g/mol. The van der Waals surface area contributed by atoms with Crippen LogP contribution in [0.3, 0.4) is 0 Å². The molecule has 1 N–H and O–H groups in total. The summed E-state index contributed by atoms with van der Waals surface area (Å²) in [5.41, 5.74) is 6.78. The molecule has 4 aromatic rings. The molecule has 2 aliphatic rings. The summed E-state index contributed by atoms with van der Waals surface area (Å²) in [5.74, 6) is 0. The average molecular weight is 594 g/mol. The Kier molecular flexibility index (Phi) is 7.24. The van der Waals surface area contributed by atoms with Gasteiger partial charge in [-0.3, -0.25) is 15.1 Å². The molecule has 0 radical (unpaired) electrons. The maximum absolute atomic E-state index is 11.0. The van der Waals surface area contributed by atoms with Crippen molar-refractivity contribution < 1.29 is 4.92 Å². The van der Waals surface area contributed by atoms with Crippen LogP contribution in [0.4, 0.5) is 17.1 Å². The van der Waals surface area contributed by atoms with Crippen LogP contribution in [0.25, 0.3) is 5.57 Å². The first-order valence-corrected chi connectivity index (χ1v) is 15.0. The number of allylic oxidation sites excluding steroid dienone is 1. The molecule has 1 saturated heterocycles. The molecule has 0 amide bonds. The molecule has 2 aliphatic heterocycles. The Morgan fingerprint density at radius 1 is 1.00 bits per heavy atom. The summed E-state index contributed by atoms with van der Waals surface area (Å²) in [6, 6.07) is 27.4. The summed E-state index contributed by atoms with van der Waals surface area (Å²) in [6.07, 6.45) is 4.15. The van der Waals surface area contributed by atoms with Gasteiger partial charge in [-0.05, 0) is 105 Å². The van der Waals surface area contributed by atoms with Crippen LogP contribution in [0.5, 0.6) is 0 Å². The highest BCUT2D eigenvalue weighted by atomic mass is 32.2. The van der Waals surface area contributed by atoms with Gasteiger partial charge in [-0.1, -0.05) is 30.0 Å². The number of nitrogens with zero attached hydrogens (tertiary/aromatic N) is 4. The molecule has 3 heterocycles. The normalized spacial score (nSPS) is 19.2. The zero-order valence-electron chi connectivity index (χ0n) is 23.8. The fourth-order valence-corrected chi connectivity index (χ4v) is 6.94. The van der Waals surface area contributed by atoms with Gasteiger partial charge < -0.3 is 15.1 Å². The number of hydrogen-bond acceptors (Lipinski definition) is 6. The number of non-ortho nitro benzene ring substituents is 1. The van der Waals surface area contributed by atoms with Crippen LogP contribution < -0.4 is 15.1 Å². The maximum Gasteiger partial charge on any atom is 0.269 e. The van der Waals surface area contributed by atoms with E-state index >= 15 is 0 Å². The van der Waals surface area contributed by atoms with E-state index in [9.17, 15) is 10.1 Å². The van der Waals surface area contributed by atoms with Crippen molar-refractivity contribution in [2.24, 2.45) is 0 Å². The smallest absolute Gasteiger partial charge is 0.269 e. The van der Waals surface area contributed by atoms with E-state index in [1.54, 1.807) is 23.9 Å². The first-order valence-electron chi connectivity index (χ1n) is 13.7. The predicted octanol–water partition coefficient (Wildman–Crippen LogP) is 7.95. The van der Waals surface area contributed by atoms with Gasteiger partial charge in [0.1, 0.15) is 0 Å². The second-order valence-corrected chi connectivity index (χ2v) is 12.7. The number of nitrogens with one attached hydrogen (secondary N) is 1. The summed E-state index contributed by atoms with van der Waals surface area (Å²) >= 11 is 7.51. The molecule has 212 valence electrons. The predicted molar refractivity (Wildman–Crippen MR) is 174 cm³/mol. The number of aromatic nitrogens is 1. The lowest BCUT2D eigenvalue weighted by atomic mass is 9.86. The van der Waals surface area contributed by atoms with Crippen molar-refractivity contribution in [2.45, 2.75) is 48.2 Å². The maximum atomic E-state index is 11.0. The number of pyridine rings is 1. The molecule has 0 saturated carbocycles. The molecule has 0 aliphatic carbocycles. The molecule has 6 rings (SSSR count). The van der Waals surface area contributed by atoms with Crippen molar-refractivity contribution >= 4 is 51.7 Å². The van der Waals surface area contributed by atoms with Crippen molar-refractivity contribution in [2.75, 3.05) is 16.8 Å². The molecule has 1 aromatic heterocycles. The first kappa shape index (κ1) is 27.9. The molecular formula is C33H31N5O2S2. The van der Waals surface area contributed by atoms with Crippen LogP contribution in [0.2, 0.25) is 0 Å². The van der Waals surface area contributed by atoms with Crippen LogP contribution in [0.1, 0.15) is 49.7 Å². The zero-order valence-corrected chi connectivity index (χ0v) is 25.4. The topological polar surface area (TPSA) is 74.5 Å². The molecular weight excluding hydrogens is 563 g/mol. The zero-order chi connectivity index (χ0) is 29.6. The third-order valence-corrected chi connectivity index (χ3v) is 9.41. The number of nitro groups is 1. The van der Waals surface area contributed by atoms with Gasteiger partial charge in [0.2, 0.25) is 0 Å². The lowest BCUT2D eigenvalue weighted by Gasteiger charge is -2.41. The molecule has 0 spiro atoms. The minimum absolute atomic E-state index is 0.0637. The Morgan fingerprint density at radius 3 is 2.33 bits per heavy atom. The number of rotatable bonds is 6. The van der Waals surface area contributed by atoms with E-state index in [1.165, 1.54) is 29.0 Å². The Morgan fingerprint density at radius 2 is 1.69 bits per heavy atom. The number of anilines is 2. The van der Waals surface area contributed by atoms with E-state index in [4.69, 9.17) is 17.2 Å². The Labute approximate surface area is 255 Å². The van der Waals surface area contributed by atoms with Crippen LogP contribution in [-0.4, -0.2) is 27.6 Å². The molecule has 0 bridgehead atoms. The lowest BCUT2D eigenvalue weighted by molar-refractivity contribution is -0.384. The summed E-state index contributed by atoms with van der Waals surface area (Å²) in [4.78, 5) is 21.8. The molecule has 2 atom stereocenters. The SMILES string of the molecule is CC1=CC(C)(C)N(C)c2ccc(C3C(c4ccccn4)NC(=S)N3c3ccc(Sc4ccc([N+](=O)[O-])cc4)cc3)cc21. The fraction of sp³-hybridized carbons (Fsp3) is 0.212. The molecule has 2 unspecified atom stereocenters. The summed E-state index contributed by atoms with van der Waals surface area (Å²) in [6.45, 7) is 6.65. The quantitative estimate of drug-likeness (QED) is 0.137. The number of benzene rings is 3. The van der Waals surface area contributed by atoms with Crippen LogP contribution in [-0.2, 0) is 0 Å². The average Bonchev–Trinajstić information content (AvgIpc) is 3.33. The molecule has 1 fully saturated rings. The van der Waals surface area contributed by atoms with Gasteiger partial charge in [-0.15, -0.1) is 0 Å². The van der Waals surface area contributed by atoms with Crippen molar-refractivity contribution in [3.63, 3.8) is 0 Å². The minimum atomic E-state index is -0.385. The summed E-state index contributed by atoms with van der Waals surface area (Å²) < 4.78 is 0. The Hall–Kier alpha value is -4.21. The van der Waals surface area contributed by atoms with Gasteiger partial charge in [0, 0.05) is 52.1 Å². The summed E-state index contributed by atoms with van der Waals surface area (Å²) in [5, 5.41) is 15.2. The van der Waals surface area contributed by atoms with Gasteiger partial charge in [0.25, 0.3) is 5.69 Å². The number of hydrogen-bond donors (Lipinski definition) is 1. The van der Waals surface area contributed by atoms with Crippen LogP contribution >= 0.6 is 24.0 Å². The number of nitro benzene ring substituents is 1. The van der Waals surface area contributed by atoms with Gasteiger partial charge >= 0.3 is 0 Å². The number of likely N-dealkylation sites (N-methyl/N-ethyl adjacent to an activating group) is 1. The number of thiocarbonyl (C=S) groups is 1. The van der Waals surface area contributed by atoms with Crippen molar-refractivity contribution in [1.82, 2.24) is 10.3 Å². The van der Waals surface area contributed by atoms with E-state index in [2.05, 4.69) is 91.5 Å². The third-order valence-electron chi connectivity index (χ3n) is 8.08. The standard InChI is InChI=1S/C33H31N5O2S2/c1-21-20-33(2,3)36(4)29-17-8-22(19-27(21)29)31-30(28-7-5-6-18-34-28)35-32(41)37(31)23-9-13-25(14-10-23)42-26-15-11-24(12-16-26)38(39)40/h5-20,30-31H,1-4H3,(H,35,41). The van der Waals surface area contributed by atoms with Gasteiger partial charge in [0.15, 0.2) is 5.11 Å². The second kappa shape index (κ2) is 10.9. The molecule has 9 heteroatoms. The minimum Gasteiger partial charge on any atom is -0.366 e.